The number of rotatable bonds is 7. The van der Waals surface area contributed by atoms with Gasteiger partial charge in [-0.3, -0.25) is 0 Å². The monoisotopic (exact) mass is 600 g/mol. The number of fused-ring (bicyclic) bond motifs is 1. The summed E-state index contributed by atoms with van der Waals surface area (Å²) in [7, 11) is 0. The maximum Gasteiger partial charge on any atom is 0.416 e. The van der Waals surface area contributed by atoms with Crippen LogP contribution in [0.3, 0.4) is 0 Å². The van der Waals surface area contributed by atoms with Gasteiger partial charge in [0.05, 0.1) is 29.9 Å². The highest BCUT2D eigenvalue weighted by atomic mass is 19.4. The Hall–Kier alpha value is -3.65. The zero-order valence-corrected chi connectivity index (χ0v) is 21.6. The standard InChI is InChI=1S/C26H25F9N2O4/c1-3-18-13-23(21(38)40-4-2,19-12-15(24(27,28)29)5-6-20(19)36-18)37-22(39)41-8-7-14-9-16(25(30,31)32)11-17(10-14)26(33,34)35/h5-6,9-12,18,36H,3-4,7-8,13H2,1-2H3,(H,37,39)/t18-,23+/m1/s1. The molecule has 1 amide bonds. The summed E-state index contributed by atoms with van der Waals surface area (Å²) >= 11 is 0. The smallest absolute Gasteiger partial charge is 0.416 e. The summed E-state index contributed by atoms with van der Waals surface area (Å²) in [5.74, 6) is -1.08. The highest BCUT2D eigenvalue weighted by molar-refractivity contribution is 5.90. The third-order valence-corrected chi connectivity index (χ3v) is 6.42. The van der Waals surface area contributed by atoms with Crippen molar-refractivity contribution in [2.45, 2.75) is 63.2 Å². The van der Waals surface area contributed by atoms with E-state index in [-0.39, 0.29) is 30.3 Å². The van der Waals surface area contributed by atoms with Crippen LogP contribution < -0.4 is 10.6 Å². The van der Waals surface area contributed by atoms with Crippen LogP contribution >= 0.6 is 0 Å². The molecular weight excluding hydrogens is 575 g/mol. The van der Waals surface area contributed by atoms with Gasteiger partial charge in [0.1, 0.15) is 0 Å². The number of hydrogen-bond acceptors (Lipinski definition) is 5. The molecule has 2 atom stereocenters. The van der Waals surface area contributed by atoms with E-state index in [0.29, 0.717) is 24.6 Å². The molecule has 2 aromatic rings. The maximum atomic E-state index is 13.5. The topological polar surface area (TPSA) is 76.7 Å². The fraction of sp³-hybridized carbons (Fsp3) is 0.462. The van der Waals surface area contributed by atoms with Crippen LogP contribution in [0.1, 0.15) is 54.5 Å². The largest absolute Gasteiger partial charge is 0.464 e. The second-order valence-electron chi connectivity index (χ2n) is 9.26. The molecule has 0 saturated carbocycles. The highest BCUT2D eigenvalue weighted by Gasteiger charge is 2.50. The van der Waals surface area contributed by atoms with E-state index in [9.17, 15) is 49.1 Å². The Balaban J connectivity index is 1.90. The van der Waals surface area contributed by atoms with Crippen molar-refractivity contribution in [3.05, 3.63) is 64.2 Å². The molecule has 0 unspecified atom stereocenters. The number of nitrogens with one attached hydrogen (secondary N) is 2. The molecular formula is C26H25F9N2O4. The van der Waals surface area contributed by atoms with E-state index in [4.69, 9.17) is 9.47 Å². The lowest BCUT2D eigenvalue weighted by Gasteiger charge is -2.41. The van der Waals surface area contributed by atoms with Gasteiger partial charge < -0.3 is 20.1 Å². The summed E-state index contributed by atoms with van der Waals surface area (Å²) in [6, 6.07) is 2.99. The highest BCUT2D eigenvalue weighted by Crippen LogP contribution is 2.43. The minimum absolute atomic E-state index is 0.0475. The Kier molecular flexibility index (Phi) is 9.08. The van der Waals surface area contributed by atoms with Gasteiger partial charge in [-0.05, 0) is 55.3 Å². The molecule has 6 nitrogen and oxygen atoms in total. The summed E-state index contributed by atoms with van der Waals surface area (Å²) in [5, 5.41) is 5.27. The van der Waals surface area contributed by atoms with Crippen LogP contribution in [0.5, 0.6) is 0 Å². The van der Waals surface area contributed by atoms with Gasteiger partial charge in [-0.15, -0.1) is 0 Å². The molecule has 0 spiro atoms. The van der Waals surface area contributed by atoms with E-state index in [2.05, 4.69) is 10.6 Å². The molecule has 2 aromatic carbocycles. The van der Waals surface area contributed by atoms with Crippen molar-refractivity contribution in [3.63, 3.8) is 0 Å². The first kappa shape index (κ1) is 31.9. The summed E-state index contributed by atoms with van der Waals surface area (Å²) in [5.41, 5.74) is -6.92. The van der Waals surface area contributed by atoms with Crippen molar-refractivity contribution < 1.29 is 58.6 Å². The average Bonchev–Trinajstić information content (AvgIpc) is 2.86. The number of anilines is 1. The van der Waals surface area contributed by atoms with Crippen LogP contribution in [0.15, 0.2) is 36.4 Å². The number of esters is 1. The molecule has 0 aliphatic carbocycles. The molecule has 1 aliphatic rings. The van der Waals surface area contributed by atoms with E-state index in [1.807, 2.05) is 0 Å². The second kappa shape index (κ2) is 11.7. The first-order chi connectivity index (χ1) is 18.9. The van der Waals surface area contributed by atoms with Gasteiger partial charge in [-0.2, -0.15) is 39.5 Å². The SMILES string of the molecule is CCOC(=O)[C@]1(NC(=O)OCCc2cc(C(F)(F)F)cc(C(F)(F)F)c2)C[C@@H](CC)Nc2ccc(C(F)(F)F)cc21. The zero-order valence-electron chi connectivity index (χ0n) is 21.6. The van der Waals surface area contributed by atoms with Crippen LogP contribution in [0.2, 0.25) is 0 Å². The first-order valence-corrected chi connectivity index (χ1v) is 12.3. The predicted molar refractivity (Wildman–Crippen MR) is 127 cm³/mol. The van der Waals surface area contributed by atoms with Gasteiger partial charge in [0.2, 0.25) is 0 Å². The molecule has 1 aliphatic heterocycles. The van der Waals surface area contributed by atoms with Crippen molar-refractivity contribution in [1.29, 1.82) is 0 Å². The number of halogens is 9. The van der Waals surface area contributed by atoms with Crippen LogP contribution in [0.25, 0.3) is 0 Å². The van der Waals surface area contributed by atoms with E-state index in [1.54, 1.807) is 6.92 Å². The first-order valence-electron chi connectivity index (χ1n) is 12.3. The Labute approximate surface area is 228 Å². The Bertz CT molecular complexity index is 1240. The van der Waals surface area contributed by atoms with Gasteiger partial charge in [0.15, 0.2) is 5.54 Å². The summed E-state index contributed by atoms with van der Waals surface area (Å²) < 4.78 is 129. The lowest BCUT2D eigenvalue weighted by atomic mass is 9.78. The Morgan fingerprint density at radius 2 is 1.46 bits per heavy atom. The van der Waals surface area contributed by atoms with Gasteiger partial charge in [0.25, 0.3) is 0 Å². The molecule has 226 valence electrons. The molecule has 1 heterocycles. The lowest BCUT2D eigenvalue weighted by molar-refractivity contribution is -0.152. The molecule has 3 rings (SSSR count). The van der Waals surface area contributed by atoms with Crippen molar-refractivity contribution in [2.75, 3.05) is 18.5 Å². The molecule has 0 radical (unpaired) electrons. The Morgan fingerprint density at radius 1 is 0.878 bits per heavy atom. The zero-order chi connectivity index (χ0) is 30.8. The third kappa shape index (κ3) is 7.36. The van der Waals surface area contributed by atoms with Crippen molar-refractivity contribution >= 4 is 17.7 Å². The van der Waals surface area contributed by atoms with Crippen LogP contribution in [-0.4, -0.2) is 31.3 Å². The second-order valence-corrected chi connectivity index (χ2v) is 9.26. The molecule has 0 fully saturated rings. The number of alkyl halides is 9. The van der Waals surface area contributed by atoms with Gasteiger partial charge >= 0.3 is 30.6 Å². The molecule has 15 heteroatoms. The fourth-order valence-electron chi connectivity index (χ4n) is 4.45. The van der Waals surface area contributed by atoms with E-state index in [0.717, 1.165) is 12.1 Å². The lowest BCUT2D eigenvalue weighted by Crippen LogP contribution is -2.57. The molecule has 0 bridgehead atoms. The quantitative estimate of drug-likeness (QED) is 0.263. The Morgan fingerprint density at radius 3 is 1.98 bits per heavy atom. The predicted octanol–water partition coefficient (Wildman–Crippen LogP) is 7.06. The maximum absolute atomic E-state index is 13.5. The number of amides is 1. The van der Waals surface area contributed by atoms with Gasteiger partial charge in [-0.1, -0.05) is 6.92 Å². The fourth-order valence-corrected chi connectivity index (χ4v) is 4.45. The molecule has 41 heavy (non-hydrogen) atoms. The number of hydrogen-bond donors (Lipinski definition) is 2. The average molecular weight is 600 g/mol. The van der Waals surface area contributed by atoms with E-state index in [1.165, 1.54) is 6.92 Å². The molecule has 2 N–H and O–H groups in total. The van der Waals surface area contributed by atoms with Gasteiger partial charge in [0, 0.05) is 30.1 Å². The third-order valence-electron chi connectivity index (χ3n) is 6.42. The number of benzene rings is 2. The van der Waals surface area contributed by atoms with E-state index >= 15 is 0 Å². The summed E-state index contributed by atoms with van der Waals surface area (Å²) in [6.07, 6.45) is -16.7. The number of ether oxygens (including phenoxy) is 2. The van der Waals surface area contributed by atoms with E-state index < -0.39 is 77.5 Å². The number of alkyl carbamates (subject to hydrolysis) is 1. The normalized spacial score (nSPS) is 19.1. The number of carbonyl (C=O) groups excluding carboxylic acids is 2. The molecule has 0 aromatic heterocycles. The minimum atomic E-state index is -5.08. The van der Waals surface area contributed by atoms with Gasteiger partial charge in [-0.25, -0.2) is 9.59 Å². The summed E-state index contributed by atoms with van der Waals surface area (Å²) in [6.45, 7) is 2.27. The molecule has 0 saturated heterocycles. The van der Waals surface area contributed by atoms with Crippen molar-refractivity contribution in [3.8, 4) is 0 Å². The number of carbonyl (C=O) groups is 2. The van der Waals surface area contributed by atoms with Crippen molar-refractivity contribution in [2.24, 2.45) is 0 Å². The van der Waals surface area contributed by atoms with Crippen LogP contribution in [0, 0.1) is 0 Å². The summed E-state index contributed by atoms with van der Waals surface area (Å²) in [4.78, 5) is 26.0. The van der Waals surface area contributed by atoms with Crippen LogP contribution in [0.4, 0.5) is 50.0 Å². The van der Waals surface area contributed by atoms with Crippen molar-refractivity contribution in [1.82, 2.24) is 5.32 Å². The van der Waals surface area contributed by atoms with Crippen LogP contribution in [-0.2, 0) is 44.8 Å². The minimum Gasteiger partial charge on any atom is -0.464 e.